The average Bonchev–Trinajstić information content (AvgIpc) is 3.13. The quantitative estimate of drug-likeness (QED) is 0.896. The zero-order valence-corrected chi connectivity index (χ0v) is 11.6. The summed E-state index contributed by atoms with van der Waals surface area (Å²) in [5, 5.41) is 3.55. The summed E-state index contributed by atoms with van der Waals surface area (Å²) in [6.07, 6.45) is 4.74. The number of rotatable bonds is 3. The molecule has 1 aromatic carbocycles. The number of benzene rings is 1. The van der Waals surface area contributed by atoms with E-state index in [1.807, 2.05) is 0 Å². The van der Waals surface area contributed by atoms with Crippen LogP contribution in [0.3, 0.4) is 0 Å². The van der Waals surface area contributed by atoms with Crippen LogP contribution in [0.15, 0.2) is 23.2 Å². The van der Waals surface area contributed by atoms with Crippen LogP contribution in [0.4, 0.5) is 5.69 Å². The third-order valence-corrected chi connectivity index (χ3v) is 4.86. The number of para-hydroxylation sites is 1. The highest BCUT2D eigenvalue weighted by atomic mass is 15.3. The van der Waals surface area contributed by atoms with Crippen LogP contribution in [-0.2, 0) is 12.8 Å². The van der Waals surface area contributed by atoms with Gasteiger partial charge in [-0.25, -0.2) is 0 Å². The molecule has 3 heteroatoms. The van der Waals surface area contributed by atoms with Crippen molar-refractivity contribution in [1.29, 1.82) is 0 Å². The van der Waals surface area contributed by atoms with E-state index >= 15 is 0 Å². The van der Waals surface area contributed by atoms with Crippen molar-refractivity contribution < 1.29 is 0 Å². The zero-order chi connectivity index (χ0) is 12.9. The molecule has 0 bridgehead atoms. The van der Waals surface area contributed by atoms with Crippen molar-refractivity contribution in [2.75, 3.05) is 24.5 Å². The first-order chi connectivity index (χ1) is 9.35. The molecule has 3 aliphatic rings. The Labute approximate surface area is 114 Å². The lowest BCUT2D eigenvalue weighted by Crippen LogP contribution is -2.56. The van der Waals surface area contributed by atoms with Gasteiger partial charge in [-0.15, -0.1) is 0 Å². The summed E-state index contributed by atoms with van der Waals surface area (Å²) < 4.78 is 0. The lowest BCUT2D eigenvalue weighted by Gasteiger charge is -2.38. The van der Waals surface area contributed by atoms with Gasteiger partial charge in [0.1, 0.15) is 11.4 Å². The Bertz CT molecular complexity index is 549. The Morgan fingerprint density at radius 2 is 2.26 bits per heavy atom. The van der Waals surface area contributed by atoms with Crippen molar-refractivity contribution in [1.82, 2.24) is 5.32 Å². The minimum atomic E-state index is 0.125. The summed E-state index contributed by atoms with van der Waals surface area (Å²) in [6, 6.07) is 6.83. The van der Waals surface area contributed by atoms with Gasteiger partial charge in [0.05, 0.1) is 6.54 Å². The molecule has 3 heterocycles. The lowest BCUT2D eigenvalue weighted by atomic mass is 9.87. The highest BCUT2D eigenvalue weighted by Crippen LogP contribution is 2.47. The molecule has 0 saturated heterocycles. The van der Waals surface area contributed by atoms with Crippen LogP contribution >= 0.6 is 0 Å². The molecular formula is C16H21N3. The molecule has 0 fully saturated rings. The fourth-order valence-electron chi connectivity index (χ4n) is 4.19. The maximum atomic E-state index is 4.78. The van der Waals surface area contributed by atoms with Crippen LogP contribution in [0.2, 0.25) is 0 Å². The number of amidine groups is 1. The zero-order valence-electron chi connectivity index (χ0n) is 11.6. The van der Waals surface area contributed by atoms with Gasteiger partial charge in [0.2, 0.25) is 0 Å². The van der Waals surface area contributed by atoms with Crippen LogP contribution < -0.4 is 10.2 Å². The number of hydrogen-bond donors (Lipinski definition) is 1. The Morgan fingerprint density at radius 1 is 1.37 bits per heavy atom. The van der Waals surface area contributed by atoms with Crippen molar-refractivity contribution in [3.05, 3.63) is 29.3 Å². The Kier molecular flexibility index (Phi) is 2.38. The lowest BCUT2D eigenvalue weighted by molar-refractivity contribution is 0.483. The van der Waals surface area contributed by atoms with E-state index in [1.165, 1.54) is 41.9 Å². The molecule has 0 unspecified atom stereocenters. The van der Waals surface area contributed by atoms with E-state index in [4.69, 9.17) is 4.99 Å². The molecule has 100 valence electrons. The van der Waals surface area contributed by atoms with E-state index in [0.717, 1.165) is 26.1 Å². The maximum Gasteiger partial charge on any atom is 0.123 e. The van der Waals surface area contributed by atoms with E-state index in [2.05, 4.69) is 35.3 Å². The monoisotopic (exact) mass is 255 g/mol. The van der Waals surface area contributed by atoms with Crippen LogP contribution in [0, 0.1) is 0 Å². The third-order valence-electron chi connectivity index (χ3n) is 4.86. The predicted molar refractivity (Wildman–Crippen MR) is 79.1 cm³/mol. The Hall–Kier alpha value is -1.51. The SMILES string of the molecule is CCC[C@@]1(C2=NCCN2)Cc2cccc3c2N1CC3. The van der Waals surface area contributed by atoms with Crippen LogP contribution in [0.5, 0.6) is 0 Å². The first-order valence-corrected chi connectivity index (χ1v) is 7.52. The molecule has 0 saturated carbocycles. The summed E-state index contributed by atoms with van der Waals surface area (Å²) >= 11 is 0. The first kappa shape index (κ1) is 11.3. The van der Waals surface area contributed by atoms with E-state index in [0.29, 0.717) is 0 Å². The summed E-state index contributed by atoms with van der Waals surface area (Å²) in [6.45, 7) is 5.40. The smallest absolute Gasteiger partial charge is 0.123 e. The molecule has 0 aromatic heterocycles. The molecule has 4 rings (SSSR count). The highest BCUT2D eigenvalue weighted by molar-refractivity contribution is 5.99. The second-order valence-corrected chi connectivity index (χ2v) is 5.94. The van der Waals surface area contributed by atoms with Gasteiger partial charge in [0.15, 0.2) is 0 Å². The summed E-state index contributed by atoms with van der Waals surface area (Å²) in [4.78, 5) is 7.43. The van der Waals surface area contributed by atoms with Gasteiger partial charge in [0.25, 0.3) is 0 Å². The second-order valence-electron chi connectivity index (χ2n) is 5.94. The molecule has 3 aliphatic heterocycles. The minimum Gasteiger partial charge on any atom is -0.370 e. The summed E-state index contributed by atoms with van der Waals surface area (Å²) in [5.74, 6) is 1.25. The highest BCUT2D eigenvalue weighted by Gasteiger charge is 2.50. The summed E-state index contributed by atoms with van der Waals surface area (Å²) in [5.41, 5.74) is 4.71. The standard InChI is InChI=1S/C16H21N3/c1-2-7-16(15-17-8-9-18-15)11-13-5-3-4-12-6-10-19(16)14(12)13/h3-5H,2,6-11H2,1H3,(H,17,18)/t16-/m0/s1. The fraction of sp³-hybridized carbons (Fsp3) is 0.562. The van der Waals surface area contributed by atoms with Gasteiger partial charge in [-0.2, -0.15) is 0 Å². The molecule has 3 nitrogen and oxygen atoms in total. The van der Waals surface area contributed by atoms with E-state index in [9.17, 15) is 0 Å². The number of aliphatic imine (C=N–C) groups is 1. The van der Waals surface area contributed by atoms with E-state index in [1.54, 1.807) is 0 Å². The number of nitrogens with zero attached hydrogens (tertiary/aromatic N) is 2. The van der Waals surface area contributed by atoms with Crippen LogP contribution in [0.1, 0.15) is 30.9 Å². The van der Waals surface area contributed by atoms with Crippen molar-refractivity contribution in [3.8, 4) is 0 Å². The number of nitrogens with one attached hydrogen (secondary N) is 1. The second kappa shape index (κ2) is 3.99. The van der Waals surface area contributed by atoms with Gasteiger partial charge < -0.3 is 10.2 Å². The summed E-state index contributed by atoms with van der Waals surface area (Å²) in [7, 11) is 0. The third kappa shape index (κ3) is 1.41. The van der Waals surface area contributed by atoms with Gasteiger partial charge >= 0.3 is 0 Å². The van der Waals surface area contributed by atoms with Crippen molar-refractivity contribution in [2.24, 2.45) is 4.99 Å². The molecular weight excluding hydrogens is 234 g/mol. The van der Waals surface area contributed by atoms with Crippen molar-refractivity contribution >= 4 is 11.5 Å². The normalized spacial score (nSPS) is 27.4. The topological polar surface area (TPSA) is 27.6 Å². The minimum absolute atomic E-state index is 0.125. The Balaban J connectivity index is 1.83. The fourth-order valence-corrected chi connectivity index (χ4v) is 4.19. The molecule has 1 atom stereocenters. The van der Waals surface area contributed by atoms with Crippen LogP contribution in [0.25, 0.3) is 0 Å². The van der Waals surface area contributed by atoms with Gasteiger partial charge in [0, 0.05) is 25.2 Å². The maximum absolute atomic E-state index is 4.78. The molecule has 0 aliphatic carbocycles. The molecule has 0 spiro atoms. The van der Waals surface area contributed by atoms with E-state index < -0.39 is 0 Å². The molecule has 1 N–H and O–H groups in total. The molecule has 1 aromatic rings. The van der Waals surface area contributed by atoms with Crippen LogP contribution in [-0.4, -0.2) is 31.0 Å². The van der Waals surface area contributed by atoms with Gasteiger partial charge in [-0.05, 0) is 24.0 Å². The largest absolute Gasteiger partial charge is 0.370 e. The van der Waals surface area contributed by atoms with Gasteiger partial charge in [-0.1, -0.05) is 31.5 Å². The first-order valence-electron chi connectivity index (χ1n) is 7.52. The number of hydrogen-bond acceptors (Lipinski definition) is 3. The van der Waals surface area contributed by atoms with Crippen molar-refractivity contribution in [2.45, 2.75) is 38.1 Å². The molecule has 0 radical (unpaired) electrons. The predicted octanol–water partition coefficient (Wildman–Crippen LogP) is 2.15. The number of anilines is 1. The van der Waals surface area contributed by atoms with E-state index in [-0.39, 0.29) is 5.54 Å². The molecule has 19 heavy (non-hydrogen) atoms. The average molecular weight is 255 g/mol. The molecule has 0 amide bonds. The Morgan fingerprint density at radius 3 is 3.05 bits per heavy atom. The van der Waals surface area contributed by atoms with Crippen molar-refractivity contribution in [3.63, 3.8) is 0 Å². The van der Waals surface area contributed by atoms with Gasteiger partial charge in [-0.3, -0.25) is 4.99 Å².